The van der Waals surface area contributed by atoms with E-state index in [9.17, 15) is 0 Å². The molecule has 2 aromatic heterocycles. The van der Waals surface area contributed by atoms with Gasteiger partial charge in [0.25, 0.3) is 0 Å². The van der Waals surface area contributed by atoms with Crippen LogP contribution in [0.15, 0.2) is 29.6 Å². The Morgan fingerprint density at radius 1 is 1.14 bits per heavy atom. The molecule has 0 spiro atoms. The second-order valence-electron chi connectivity index (χ2n) is 5.98. The molecule has 1 aliphatic carbocycles. The van der Waals surface area contributed by atoms with Gasteiger partial charge in [-0.2, -0.15) is 0 Å². The Morgan fingerprint density at radius 2 is 1.95 bits per heavy atom. The summed E-state index contributed by atoms with van der Waals surface area (Å²) in [5.41, 5.74) is 12.6. The minimum atomic E-state index is -0.154. The summed E-state index contributed by atoms with van der Waals surface area (Å²) < 4.78 is 0. The van der Waals surface area contributed by atoms with Gasteiger partial charge in [-0.1, -0.05) is 18.2 Å². The van der Waals surface area contributed by atoms with Crippen molar-refractivity contribution < 1.29 is 0 Å². The van der Waals surface area contributed by atoms with Crippen LogP contribution in [0.2, 0.25) is 0 Å². The highest BCUT2D eigenvalue weighted by Gasteiger charge is 2.24. The quantitative estimate of drug-likeness (QED) is 0.780. The van der Waals surface area contributed by atoms with E-state index in [0.717, 1.165) is 29.1 Å². The van der Waals surface area contributed by atoms with Crippen molar-refractivity contribution >= 4 is 22.2 Å². The third-order valence-electron chi connectivity index (χ3n) is 4.43. The number of nitrogens with zero attached hydrogens (tertiary/aromatic N) is 2. The average molecular weight is 309 g/mol. The van der Waals surface area contributed by atoms with Crippen molar-refractivity contribution in [1.29, 1.82) is 0 Å². The zero-order chi connectivity index (χ0) is 15.1. The van der Waals surface area contributed by atoms with Crippen LogP contribution in [0, 0.1) is 6.92 Å². The maximum atomic E-state index is 6.64. The SMILES string of the molecule is Cc1csc(C(N)c2c3c(nc4ccccc24)CCCC3)n1. The van der Waals surface area contributed by atoms with Crippen LogP contribution in [0.1, 0.15) is 46.4 Å². The Bertz CT molecular complexity index is 837. The van der Waals surface area contributed by atoms with Crippen LogP contribution in [-0.4, -0.2) is 9.97 Å². The molecule has 1 atom stereocenters. The predicted molar refractivity (Wildman–Crippen MR) is 91.3 cm³/mol. The largest absolute Gasteiger partial charge is 0.318 e. The maximum absolute atomic E-state index is 6.64. The van der Waals surface area contributed by atoms with E-state index in [2.05, 4.69) is 28.6 Å². The number of thiazole rings is 1. The monoisotopic (exact) mass is 309 g/mol. The van der Waals surface area contributed by atoms with E-state index in [-0.39, 0.29) is 6.04 Å². The van der Waals surface area contributed by atoms with Crippen molar-refractivity contribution in [2.24, 2.45) is 5.73 Å². The molecule has 3 aromatic rings. The Labute approximate surface area is 134 Å². The minimum absolute atomic E-state index is 0.154. The summed E-state index contributed by atoms with van der Waals surface area (Å²) in [7, 11) is 0. The molecule has 1 aromatic carbocycles. The molecule has 2 N–H and O–H groups in total. The molecule has 0 saturated heterocycles. The number of nitrogens with two attached hydrogens (primary N) is 1. The van der Waals surface area contributed by atoms with Gasteiger partial charge >= 0.3 is 0 Å². The van der Waals surface area contributed by atoms with Crippen LogP contribution in [0.3, 0.4) is 0 Å². The third-order valence-corrected chi connectivity index (χ3v) is 5.47. The molecule has 1 unspecified atom stereocenters. The van der Waals surface area contributed by atoms with Crippen molar-refractivity contribution in [3.8, 4) is 0 Å². The lowest BCUT2D eigenvalue weighted by Gasteiger charge is -2.23. The van der Waals surface area contributed by atoms with E-state index in [0.29, 0.717) is 0 Å². The first-order chi connectivity index (χ1) is 10.7. The summed E-state index contributed by atoms with van der Waals surface area (Å²) in [4.78, 5) is 9.50. The number of aromatic nitrogens is 2. The van der Waals surface area contributed by atoms with Crippen molar-refractivity contribution in [1.82, 2.24) is 9.97 Å². The highest BCUT2D eigenvalue weighted by Crippen LogP contribution is 2.35. The van der Waals surface area contributed by atoms with Crippen molar-refractivity contribution in [2.75, 3.05) is 0 Å². The predicted octanol–water partition coefficient (Wildman–Crippen LogP) is 3.93. The van der Waals surface area contributed by atoms with E-state index in [1.54, 1.807) is 11.3 Å². The lowest BCUT2D eigenvalue weighted by atomic mass is 9.87. The summed E-state index contributed by atoms with van der Waals surface area (Å²) in [6.45, 7) is 2.02. The van der Waals surface area contributed by atoms with Gasteiger partial charge in [-0.3, -0.25) is 4.98 Å². The summed E-state index contributed by atoms with van der Waals surface area (Å²) in [5.74, 6) is 0. The molecular weight excluding hydrogens is 290 g/mol. The Kier molecular flexibility index (Phi) is 3.43. The van der Waals surface area contributed by atoms with Crippen LogP contribution >= 0.6 is 11.3 Å². The van der Waals surface area contributed by atoms with Gasteiger partial charge in [0, 0.05) is 22.2 Å². The van der Waals surface area contributed by atoms with Crippen LogP contribution < -0.4 is 5.73 Å². The molecular formula is C18H19N3S. The van der Waals surface area contributed by atoms with Gasteiger partial charge in [-0.05, 0) is 49.8 Å². The first kappa shape index (κ1) is 13.9. The number of pyridine rings is 1. The molecule has 0 saturated carbocycles. The summed E-state index contributed by atoms with van der Waals surface area (Å²) in [5, 5.41) is 4.26. The number of fused-ring (bicyclic) bond motifs is 2. The number of hydrogen-bond acceptors (Lipinski definition) is 4. The molecule has 4 heteroatoms. The number of benzene rings is 1. The van der Waals surface area contributed by atoms with E-state index in [1.165, 1.54) is 35.0 Å². The minimum Gasteiger partial charge on any atom is -0.318 e. The molecule has 0 radical (unpaired) electrons. The van der Waals surface area contributed by atoms with Crippen molar-refractivity contribution in [3.05, 3.63) is 57.2 Å². The maximum Gasteiger partial charge on any atom is 0.114 e. The van der Waals surface area contributed by atoms with Crippen LogP contribution in [0.5, 0.6) is 0 Å². The first-order valence-electron chi connectivity index (χ1n) is 7.82. The third kappa shape index (κ3) is 2.23. The lowest BCUT2D eigenvalue weighted by molar-refractivity contribution is 0.658. The Hall–Kier alpha value is -1.78. The normalized spacial score (nSPS) is 15.7. The van der Waals surface area contributed by atoms with Gasteiger partial charge in [-0.25, -0.2) is 4.98 Å². The van der Waals surface area contributed by atoms with Gasteiger partial charge in [0.1, 0.15) is 5.01 Å². The second kappa shape index (κ2) is 5.45. The zero-order valence-electron chi connectivity index (χ0n) is 12.7. The zero-order valence-corrected chi connectivity index (χ0v) is 13.5. The molecule has 0 amide bonds. The number of hydrogen-bond donors (Lipinski definition) is 1. The Morgan fingerprint density at radius 3 is 2.77 bits per heavy atom. The molecule has 3 nitrogen and oxygen atoms in total. The molecule has 0 fully saturated rings. The fourth-order valence-corrected chi connectivity index (χ4v) is 4.21. The van der Waals surface area contributed by atoms with Crippen molar-refractivity contribution in [3.63, 3.8) is 0 Å². The molecule has 4 rings (SSSR count). The lowest BCUT2D eigenvalue weighted by Crippen LogP contribution is -2.18. The van der Waals surface area contributed by atoms with E-state index in [4.69, 9.17) is 10.7 Å². The molecule has 112 valence electrons. The summed E-state index contributed by atoms with van der Waals surface area (Å²) >= 11 is 1.66. The average Bonchev–Trinajstić information content (AvgIpc) is 2.98. The molecule has 22 heavy (non-hydrogen) atoms. The first-order valence-corrected chi connectivity index (χ1v) is 8.70. The van der Waals surface area contributed by atoms with Crippen LogP contribution in [0.4, 0.5) is 0 Å². The van der Waals surface area contributed by atoms with Gasteiger partial charge in [0.2, 0.25) is 0 Å². The van der Waals surface area contributed by atoms with Crippen LogP contribution in [-0.2, 0) is 12.8 Å². The van der Waals surface area contributed by atoms with Crippen LogP contribution in [0.25, 0.3) is 10.9 Å². The topological polar surface area (TPSA) is 51.8 Å². The molecule has 2 heterocycles. The fraction of sp³-hybridized carbons (Fsp3) is 0.333. The van der Waals surface area contributed by atoms with E-state index in [1.807, 2.05) is 13.0 Å². The number of para-hydroxylation sites is 1. The standard InChI is InChI=1S/C18H19N3S/c1-11-10-22-18(20-11)17(19)16-12-6-2-4-8-14(12)21-15-9-5-3-7-13(15)16/h2,4,6,8,10,17H,3,5,7,9,19H2,1H3. The summed E-state index contributed by atoms with van der Waals surface area (Å²) in [6, 6.07) is 8.20. The van der Waals surface area contributed by atoms with E-state index < -0.39 is 0 Å². The molecule has 1 aliphatic rings. The van der Waals surface area contributed by atoms with Gasteiger partial charge in [0.15, 0.2) is 0 Å². The number of rotatable bonds is 2. The van der Waals surface area contributed by atoms with Gasteiger partial charge < -0.3 is 5.73 Å². The highest BCUT2D eigenvalue weighted by atomic mass is 32.1. The van der Waals surface area contributed by atoms with Gasteiger partial charge in [-0.15, -0.1) is 11.3 Å². The fourth-order valence-electron chi connectivity index (χ4n) is 3.40. The van der Waals surface area contributed by atoms with Gasteiger partial charge in [0.05, 0.1) is 11.6 Å². The Balaban J connectivity index is 1.98. The highest BCUT2D eigenvalue weighted by molar-refractivity contribution is 7.09. The number of aryl methyl sites for hydroxylation is 2. The molecule has 0 bridgehead atoms. The molecule has 0 aliphatic heterocycles. The smallest absolute Gasteiger partial charge is 0.114 e. The van der Waals surface area contributed by atoms with Crippen molar-refractivity contribution in [2.45, 2.75) is 38.6 Å². The second-order valence-corrected chi connectivity index (χ2v) is 6.87. The summed E-state index contributed by atoms with van der Waals surface area (Å²) in [6.07, 6.45) is 4.60. The van der Waals surface area contributed by atoms with E-state index >= 15 is 0 Å².